The van der Waals surface area contributed by atoms with E-state index in [0.717, 1.165) is 5.69 Å². The van der Waals surface area contributed by atoms with Gasteiger partial charge in [-0.3, -0.25) is 9.59 Å². The van der Waals surface area contributed by atoms with Crippen molar-refractivity contribution in [2.75, 3.05) is 11.9 Å². The third kappa shape index (κ3) is 4.25. The summed E-state index contributed by atoms with van der Waals surface area (Å²) in [6.07, 6.45) is 1.47. The lowest BCUT2D eigenvalue weighted by Gasteiger charge is -2.09. The van der Waals surface area contributed by atoms with E-state index in [1.165, 1.54) is 17.9 Å². The average molecular weight is 337 g/mol. The first-order valence-electron chi connectivity index (χ1n) is 7.49. The monoisotopic (exact) mass is 337 g/mol. The van der Waals surface area contributed by atoms with Crippen LogP contribution in [0.3, 0.4) is 0 Å². The number of rotatable bonds is 6. The number of nitrogens with zero attached hydrogens (tertiary/aromatic N) is 4. The van der Waals surface area contributed by atoms with E-state index < -0.39 is 0 Å². The van der Waals surface area contributed by atoms with Gasteiger partial charge >= 0.3 is 0 Å². The molecule has 1 amide bonds. The summed E-state index contributed by atoms with van der Waals surface area (Å²) in [5.74, 6) is 0.196. The number of aromatic nitrogens is 4. The standard InChI is InChI=1S/C17H15N5O3/c1-12(23)13-5-7-14(8-6-13)19-17(24)10-25-16-4-2-3-15(9-16)22-11-18-20-21-22/h2-9,11H,10H2,1H3,(H,19,24). The molecule has 0 saturated carbocycles. The number of ether oxygens (including phenoxy) is 1. The molecule has 0 unspecified atom stereocenters. The molecule has 1 heterocycles. The Morgan fingerprint density at radius 3 is 2.64 bits per heavy atom. The van der Waals surface area contributed by atoms with E-state index in [4.69, 9.17) is 4.74 Å². The van der Waals surface area contributed by atoms with Crippen molar-refractivity contribution >= 4 is 17.4 Å². The fourth-order valence-corrected chi connectivity index (χ4v) is 2.13. The number of tetrazole rings is 1. The van der Waals surface area contributed by atoms with Crippen LogP contribution in [0, 0.1) is 0 Å². The summed E-state index contributed by atoms with van der Waals surface area (Å²) >= 11 is 0. The molecule has 0 saturated heterocycles. The Morgan fingerprint density at radius 2 is 1.96 bits per heavy atom. The van der Waals surface area contributed by atoms with Gasteiger partial charge in [-0.1, -0.05) is 6.07 Å². The largest absolute Gasteiger partial charge is 0.484 e. The maximum absolute atomic E-state index is 12.0. The molecule has 1 aromatic heterocycles. The molecule has 0 atom stereocenters. The Kier molecular flexibility index (Phi) is 4.79. The van der Waals surface area contributed by atoms with Gasteiger partial charge in [0.1, 0.15) is 12.1 Å². The highest BCUT2D eigenvalue weighted by molar-refractivity contribution is 5.95. The summed E-state index contributed by atoms with van der Waals surface area (Å²) in [5, 5.41) is 13.6. The zero-order valence-electron chi connectivity index (χ0n) is 13.4. The van der Waals surface area contributed by atoms with Crippen molar-refractivity contribution in [1.29, 1.82) is 0 Å². The van der Waals surface area contributed by atoms with Gasteiger partial charge < -0.3 is 10.1 Å². The van der Waals surface area contributed by atoms with Crippen LogP contribution in [0.4, 0.5) is 5.69 Å². The van der Waals surface area contributed by atoms with E-state index in [2.05, 4.69) is 20.8 Å². The van der Waals surface area contributed by atoms with Gasteiger partial charge in [-0.25, -0.2) is 4.68 Å². The van der Waals surface area contributed by atoms with Gasteiger partial charge in [-0.2, -0.15) is 0 Å². The van der Waals surface area contributed by atoms with Gasteiger partial charge in [-0.05, 0) is 53.7 Å². The number of Topliss-reactive ketones (excluding diaryl/α,β-unsaturated/α-hetero) is 1. The first kappa shape index (κ1) is 16.3. The van der Waals surface area contributed by atoms with Crippen molar-refractivity contribution in [3.63, 3.8) is 0 Å². The molecule has 1 N–H and O–H groups in total. The quantitative estimate of drug-likeness (QED) is 0.690. The van der Waals surface area contributed by atoms with E-state index in [9.17, 15) is 9.59 Å². The Morgan fingerprint density at radius 1 is 1.16 bits per heavy atom. The lowest BCUT2D eigenvalue weighted by Crippen LogP contribution is -2.20. The minimum absolute atomic E-state index is 0.0244. The number of anilines is 1. The molecule has 0 aliphatic carbocycles. The first-order chi connectivity index (χ1) is 12.1. The number of carbonyl (C=O) groups excluding carboxylic acids is 2. The van der Waals surface area contributed by atoms with Crippen LogP contribution in [0.15, 0.2) is 54.9 Å². The van der Waals surface area contributed by atoms with Crippen LogP contribution in [0.2, 0.25) is 0 Å². The molecule has 8 heteroatoms. The number of benzene rings is 2. The van der Waals surface area contributed by atoms with Crippen molar-refractivity contribution in [3.05, 3.63) is 60.4 Å². The maximum Gasteiger partial charge on any atom is 0.262 e. The molecule has 126 valence electrons. The van der Waals surface area contributed by atoms with Gasteiger partial charge in [0.15, 0.2) is 12.4 Å². The number of hydrogen-bond acceptors (Lipinski definition) is 6. The summed E-state index contributed by atoms with van der Waals surface area (Å²) in [5.41, 5.74) is 1.91. The van der Waals surface area contributed by atoms with Crippen molar-refractivity contribution < 1.29 is 14.3 Å². The molecular weight excluding hydrogens is 322 g/mol. The van der Waals surface area contributed by atoms with Crippen LogP contribution >= 0.6 is 0 Å². The molecule has 25 heavy (non-hydrogen) atoms. The molecule has 0 aliphatic heterocycles. The predicted molar refractivity (Wildman–Crippen MR) is 89.7 cm³/mol. The highest BCUT2D eigenvalue weighted by atomic mass is 16.5. The Balaban J connectivity index is 1.57. The first-order valence-corrected chi connectivity index (χ1v) is 7.49. The number of hydrogen-bond donors (Lipinski definition) is 1. The average Bonchev–Trinajstić information content (AvgIpc) is 3.15. The van der Waals surface area contributed by atoms with Gasteiger partial charge in [-0.15, -0.1) is 5.10 Å². The van der Waals surface area contributed by atoms with Crippen LogP contribution in [0.25, 0.3) is 5.69 Å². The van der Waals surface area contributed by atoms with Crippen LogP contribution in [-0.4, -0.2) is 38.5 Å². The molecular formula is C17H15N5O3. The molecule has 3 aromatic rings. The second-order valence-corrected chi connectivity index (χ2v) is 5.22. The zero-order valence-corrected chi connectivity index (χ0v) is 13.4. The molecule has 2 aromatic carbocycles. The van der Waals surface area contributed by atoms with E-state index >= 15 is 0 Å². The highest BCUT2D eigenvalue weighted by Gasteiger charge is 2.06. The smallest absolute Gasteiger partial charge is 0.262 e. The molecule has 0 aliphatic rings. The van der Waals surface area contributed by atoms with Crippen molar-refractivity contribution in [2.24, 2.45) is 0 Å². The molecule has 3 rings (SSSR count). The van der Waals surface area contributed by atoms with Crippen LogP contribution in [0.1, 0.15) is 17.3 Å². The topological polar surface area (TPSA) is 99.0 Å². The lowest BCUT2D eigenvalue weighted by atomic mass is 10.1. The fraction of sp³-hybridized carbons (Fsp3) is 0.118. The van der Waals surface area contributed by atoms with Gasteiger partial charge in [0.05, 0.1) is 5.69 Å². The zero-order chi connectivity index (χ0) is 17.6. The normalized spacial score (nSPS) is 10.3. The molecule has 0 fully saturated rings. The van der Waals surface area contributed by atoms with Gasteiger partial charge in [0, 0.05) is 17.3 Å². The Bertz CT molecular complexity index is 876. The highest BCUT2D eigenvalue weighted by Crippen LogP contribution is 2.16. The number of ketones is 1. The maximum atomic E-state index is 12.0. The molecule has 0 spiro atoms. The predicted octanol–water partition coefficient (Wildman–Crippen LogP) is 1.88. The van der Waals surface area contributed by atoms with E-state index in [1.807, 2.05) is 6.07 Å². The minimum Gasteiger partial charge on any atom is -0.484 e. The number of carbonyl (C=O) groups is 2. The second-order valence-electron chi connectivity index (χ2n) is 5.22. The van der Waals surface area contributed by atoms with Crippen LogP contribution in [-0.2, 0) is 4.79 Å². The van der Waals surface area contributed by atoms with Crippen molar-refractivity contribution in [3.8, 4) is 11.4 Å². The van der Waals surface area contributed by atoms with Gasteiger partial charge in [0.2, 0.25) is 0 Å². The van der Waals surface area contributed by atoms with E-state index in [-0.39, 0.29) is 18.3 Å². The lowest BCUT2D eigenvalue weighted by molar-refractivity contribution is -0.118. The fourth-order valence-electron chi connectivity index (χ4n) is 2.13. The summed E-state index contributed by atoms with van der Waals surface area (Å²) in [7, 11) is 0. The number of amides is 1. The second kappa shape index (κ2) is 7.35. The van der Waals surface area contributed by atoms with Gasteiger partial charge in [0.25, 0.3) is 5.91 Å². The third-order valence-electron chi connectivity index (χ3n) is 3.38. The summed E-state index contributed by atoms with van der Waals surface area (Å²) in [4.78, 5) is 23.2. The van der Waals surface area contributed by atoms with E-state index in [1.54, 1.807) is 42.5 Å². The summed E-state index contributed by atoms with van der Waals surface area (Å²) < 4.78 is 6.98. The summed E-state index contributed by atoms with van der Waals surface area (Å²) in [6, 6.07) is 13.7. The SMILES string of the molecule is CC(=O)c1ccc(NC(=O)COc2cccc(-n3cnnn3)c2)cc1. The minimum atomic E-state index is -0.302. The van der Waals surface area contributed by atoms with Crippen molar-refractivity contribution in [2.45, 2.75) is 6.92 Å². The van der Waals surface area contributed by atoms with Crippen molar-refractivity contribution in [1.82, 2.24) is 20.2 Å². The Labute approximate surface area is 143 Å². The van der Waals surface area contributed by atoms with Crippen LogP contribution < -0.4 is 10.1 Å². The van der Waals surface area contributed by atoms with Crippen LogP contribution in [0.5, 0.6) is 5.75 Å². The van der Waals surface area contributed by atoms with E-state index in [0.29, 0.717) is 17.0 Å². The molecule has 8 nitrogen and oxygen atoms in total. The third-order valence-corrected chi connectivity index (χ3v) is 3.38. The molecule has 0 radical (unpaired) electrons. The summed E-state index contributed by atoms with van der Waals surface area (Å²) in [6.45, 7) is 1.35. The Hall–Kier alpha value is -3.55. The number of nitrogens with one attached hydrogen (secondary N) is 1. The molecule has 0 bridgehead atoms.